The summed E-state index contributed by atoms with van der Waals surface area (Å²) in [7, 11) is 3.64. The Morgan fingerprint density at radius 3 is 2.61 bits per heavy atom. The second kappa shape index (κ2) is 4.52. The maximum absolute atomic E-state index is 9.04. The van der Waals surface area contributed by atoms with Crippen LogP contribution in [0.5, 0.6) is 0 Å². The van der Waals surface area contributed by atoms with Crippen LogP contribution in [0, 0.1) is 22.7 Å². The molecule has 0 aliphatic carbocycles. The van der Waals surface area contributed by atoms with E-state index in [1.807, 2.05) is 26.2 Å². The van der Waals surface area contributed by atoms with Gasteiger partial charge in [-0.25, -0.2) is 9.97 Å². The van der Waals surface area contributed by atoms with Crippen LogP contribution in [0.4, 0.5) is 5.95 Å². The molecule has 0 amide bonds. The molecule has 0 saturated carbocycles. The summed E-state index contributed by atoms with van der Waals surface area (Å²) in [5.74, 6) is 1.02. The first kappa shape index (κ1) is 11.6. The van der Waals surface area contributed by atoms with E-state index in [1.165, 1.54) is 10.9 Å². The first-order chi connectivity index (χ1) is 8.67. The normalized spacial score (nSPS) is 9.56. The summed E-state index contributed by atoms with van der Waals surface area (Å²) in [6, 6.07) is 5.46. The van der Waals surface area contributed by atoms with Crippen molar-refractivity contribution >= 4 is 5.95 Å². The molecule has 18 heavy (non-hydrogen) atoms. The third-order valence-corrected chi connectivity index (χ3v) is 2.25. The maximum atomic E-state index is 9.04. The molecule has 0 N–H and O–H groups in total. The van der Waals surface area contributed by atoms with E-state index in [-0.39, 0.29) is 11.4 Å². The highest BCUT2D eigenvalue weighted by atomic mass is 15.2. The van der Waals surface area contributed by atoms with Crippen molar-refractivity contribution in [2.24, 2.45) is 0 Å². The van der Waals surface area contributed by atoms with Gasteiger partial charge in [0.15, 0.2) is 11.4 Å². The lowest BCUT2D eigenvalue weighted by Gasteiger charge is -2.11. The van der Waals surface area contributed by atoms with Gasteiger partial charge in [-0.15, -0.1) is 0 Å². The number of imidazole rings is 1. The molecule has 0 aromatic carbocycles. The summed E-state index contributed by atoms with van der Waals surface area (Å²) in [5.41, 5.74) is 0.253. The zero-order chi connectivity index (χ0) is 13.1. The van der Waals surface area contributed by atoms with Crippen LogP contribution < -0.4 is 4.90 Å². The Hall–Kier alpha value is -2.93. The van der Waals surface area contributed by atoms with Gasteiger partial charge in [-0.3, -0.25) is 4.57 Å². The van der Waals surface area contributed by atoms with Crippen molar-refractivity contribution in [1.29, 1.82) is 10.5 Å². The highest BCUT2D eigenvalue weighted by Crippen LogP contribution is 2.13. The fourth-order valence-corrected chi connectivity index (χ4v) is 1.40. The van der Waals surface area contributed by atoms with E-state index in [4.69, 9.17) is 10.5 Å². The molecule has 2 heterocycles. The Kier molecular flexibility index (Phi) is 2.90. The van der Waals surface area contributed by atoms with E-state index in [2.05, 4.69) is 15.0 Å². The summed E-state index contributed by atoms with van der Waals surface area (Å²) in [6.45, 7) is 0. The molecule has 0 radical (unpaired) electrons. The second-order valence-electron chi connectivity index (χ2n) is 3.64. The van der Waals surface area contributed by atoms with Crippen LogP contribution in [0.25, 0.3) is 5.82 Å². The smallest absolute Gasteiger partial charge is 0.226 e. The molecule has 0 spiro atoms. The zero-order valence-electron chi connectivity index (χ0n) is 9.86. The number of aromatic nitrogens is 4. The largest absolute Gasteiger partial charge is 0.347 e. The van der Waals surface area contributed by atoms with Gasteiger partial charge in [0.1, 0.15) is 24.3 Å². The fraction of sp³-hybridized carbons (Fsp3) is 0.182. The topological polar surface area (TPSA) is 94.4 Å². The molecule has 2 aromatic heterocycles. The van der Waals surface area contributed by atoms with Gasteiger partial charge in [0.2, 0.25) is 5.95 Å². The SMILES string of the molecule is CN(C)c1nccc(-n2cnc(C#N)c2C#N)n1. The third-order valence-electron chi connectivity index (χ3n) is 2.25. The van der Waals surface area contributed by atoms with Gasteiger partial charge in [0.05, 0.1) is 0 Å². The predicted molar refractivity (Wildman–Crippen MR) is 62.9 cm³/mol. The minimum Gasteiger partial charge on any atom is -0.347 e. The molecular formula is C11H9N7. The van der Waals surface area contributed by atoms with Crippen molar-refractivity contribution in [3.8, 4) is 18.0 Å². The van der Waals surface area contributed by atoms with Crippen LogP contribution in [0.15, 0.2) is 18.6 Å². The van der Waals surface area contributed by atoms with E-state index in [9.17, 15) is 0 Å². The summed E-state index contributed by atoms with van der Waals surface area (Å²) in [4.78, 5) is 14.0. The molecule has 2 aromatic rings. The van der Waals surface area contributed by atoms with E-state index >= 15 is 0 Å². The molecule has 0 fully saturated rings. The molecule has 0 atom stereocenters. The van der Waals surface area contributed by atoms with Crippen molar-refractivity contribution in [3.63, 3.8) is 0 Å². The third kappa shape index (κ3) is 1.85. The predicted octanol–water partition coefficient (Wildman–Crippen LogP) is 0.472. The minimum absolute atomic E-state index is 0.0857. The average molecular weight is 239 g/mol. The monoisotopic (exact) mass is 239 g/mol. The molecule has 0 unspecified atom stereocenters. The van der Waals surface area contributed by atoms with Gasteiger partial charge >= 0.3 is 0 Å². The Morgan fingerprint density at radius 2 is 2.00 bits per heavy atom. The summed E-state index contributed by atoms with van der Waals surface area (Å²) >= 11 is 0. The van der Waals surface area contributed by atoms with Crippen LogP contribution in [0.1, 0.15) is 11.4 Å². The quantitative estimate of drug-likeness (QED) is 0.756. The number of hydrogen-bond acceptors (Lipinski definition) is 6. The lowest BCUT2D eigenvalue weighted by atomic mass is 10.3. The van der Waals surface area contributed by atoms with Gasteiger partial charge in [-0.2, -0.15) is 15.5 Å². The van der Waals surface area contributed by atoms with Gasteiger partial charge in [0.25, 0.3) is 0 Å². The highest BCUT2D eigenvalue weighted by molar-refractivity contribution is 5.43. The van der Waals surface area contributed by atoms with Crippen LogP contribution in [-0.2, 0) is 0 Å². The van der Waals surface area contributed by atoms with Gasteiger partial charge < -0.3 is 4.90 Å². The average Bonchev–Trinajstić information content (AvgIpc) is 2.81. The number of rotatable bonds is 2. The van der Waals surface area contributed by atoms with Gasteiger partial charge in [-0.05, 0) is 6.07 Å². The lowest BCUT2D eigenvalue weighted by molar-refractivity contribution is 0.923. The van der Waals surface area contributed by atoms with Crippen molar-refractivity contribution < 1.29 is 0 Å². The molecule has 7 heteroatoms. The Morgan fingerprint density at radius 1 is 1.22 bits per heavy atom. The lowest BCUT2D eigenvalue weighted by Crippen LogP contribution is -2.14. The second-order valence-corrected chi connectivity index (χ2v) is 3.64. The molecule has 88 valence electrons. The van der Waals surface area contributed by atoms with Gasteiger partial charge in [0, 0.05) is 20.3 Å². The number of nitrogens with zero attached hydrogens (tertiary/aromatic N) is 7. The maximum Gasteiger partial charge on any atom is 0.226 e. The molecule has 0 aliphatic heterocycles. The number of anilines is 1. The van der Waals surface area contributed by atoms with Crippen LogP contribution in [0.3, 0.4) is 0 Å². The molecule has 0 bridgehead atoms. The fourth-order valence-electron chi connectivity index (χ4n) is 1.40. The summed E-state index contributed by atoms with van der Waals surface area (Å²) in [6.07, 6.45) is 2.99. The van der Waals surface area contributed by atoms with Crippen molar-refractivity contribution in [3.05, 3.63) is 30.0 Å². The van der Waals surface area contributed by atoms with E-state index in [1.54, 1.807) is 17.2 Å². The molecule has 7 nitrogen and oxygen atoms in total. The van der Waals surface area contributed by atoms with E-state index in [0.29, 0.717) is 11.8 Å². The molecular weight excluding hydrogens is 230 g/mol. The Balaban J connectivity index is 2.57. The Bertz CT molecular complexity index is 657. The first-order valence-electron chi connectivity index (χ1n) is 5.05. The van der Waals surface area contributed by atoms with Gasteiger partial charge in [-0.1, -0.05) is 0 Å². The van der Waals surface area contributed by atoms with E-state index in [0.717, 1.165) is 0 Å². The summed E-state index contributed by atoms with van der Waals surface area (Å²) < 4.78 is 1.47. The standard InChI is InChI=1S/C11H9N7/c1-17(2)11-14-4-3-10(16-11)18-7-15-8(5-12)9(18)6-13/h3-4,7H,1-2H3. The molecule has 0 aliphatic rings. The molecule has 0 saturated heterocycles. The first-order valence-corrected chi connectivity index (χ1v) is 5.05. The number of hydrogen-bond donors (Lipinski definition) is 0. The zero-order valence-corrected chi connectivity index (χ0v) is 9.86. The highest BCUT2D eigenvalue weighted by Gasteiger charge is 2.13. The Labute approximate surface area is 104 Å². The van der Waals surface area contributed by atoms with Crippen molar-refractivity contribution in [2.75, 3.05) is 19.0 Å². The van der Waals surface area contributed by atoms with Crippen molar-refractivity contribution in [2.45, 2.75) is 0 Å². The van der Waals surface area contributed by atoms with Crippen LogP contribution in [-0.4, -0.2) is 33.6 Å². The molecule has 2 rings (SSSR count). The number of nitriles is 2. The minimum atomic E-state index is 0.0857. The van der Waals surface area contributed by atoms with Crippen LogP contribution in [0.2, 0.25) is 0 Å². The van der Waals surface area contributed by atoms with Crippen molar-refractivity contribution in [1.82, 2.24) is 19.5 Å². The van der Waals surface area contributed by atoms with Crippen LogP contribution >= 0.6 is 0 Å². The summed E-state index contributed by atoms with van der Waals surface area (Å²) in [5, 5.41) is 17.9. The van der Waals surface area contributed by atoms with E-state index < -0.39 is 0 Å².